The number of benzene rings is 1. The van der Waals surface area contributed by atoms with Gasteiger partial charge in [0.25, 0.3) is 5.91 Å². The number of amides is 1. The van der Waals surface area contributed by atoms with Crippen molar-refractivity contribution in [3.05, 3.63) is 52.8 Å². The van der Waals surface area contributed by atoms with Crippen molar-refractivity contribution in [2.75, 3.05) is 24.5 Å². The molecule has 0 spiro atoms. The van der Waals surface area contributed by atoms with Gasteiger partial charge in [0.05, 0.1) is 0 Å². The lowest BCUT2D eigenvalue weighted by Crippen LogP contribution is -2.30. The van der Waals surface area contributed by atoms with E-state index < -0.39 is 0 Å². The molecule has 0 bridgehead atoms. The first kappa shape index (κ1) is 15.6. The lowest BCUT2D eigenvalue weighted by molar-refractivity contribution is 0.0949. The molecule has 0 radical (unpaired) electrons. The molecule has 0 atom stereocenters. The van der Waals surface area contributed by atoms with E-state index in [0.29, 0.717) is 12.2 Å². The second-order valence-corrected chi connectivity index (χ2v) is 5.67. The van der Waals surface area contributed by atoms with Gasteiger partial charge in [-0.15, -0.1) is 0 Å². The van der Waals surface area contributed by atoms with Crippen molar-refractivity contribution in [1.82, 2.24) is 10.3 Å². The summed E-state index contributed by atoms with van der Waals surface area (Å²) in [5.74, 6) is -0.0662. The number of nitrogens with one attached hydrogen (secondary N) is 2. The normalized spacial score (nSPS) is 10.4. The van der Waals surface area contributed by atoms with E-state index >= 15 is 0 Å². The molecule has 2 N–H and O–H groups in total. The average molecular weight is 350 g/mol. The van der Waals surface area contributed by atoms with Crippen LogP contribution in [-0.2, 0) is 0 Å². The first-order valence-electron chi connectivity index (χ1n) is 7.13. The number of halogens is 1. The molecule has 0 fully saturated rings. The number of hydrogen-bond donors (Lipinski definition) is 2. The molecule has 0 aliphatic heterocycles. The highest BCUT2D eigenvalue weighted by Crippen LogP contribution is 2.13. The second-order valence-electron chi connectivity index (χ2n) is 4.76. The Morgan fingerprint density at radius 2 is 2.10 bits per heavy atom. The Balaban J connectivity index is 1.75. The first-order chi connectivity index (χ1) is 10.2. The third kappa shape index (κ3) is 4.63. The molecule has 2 rings (SSSR count). The summed E-state index contributed by atoms with van der Waals surface area (Å²) in [7, 11) is 0. The Hall–Kier alpha value is -1.75. The molecule has 1 aromatic carbocycles. The van der Waals surface area contributed by atoms with Crippen LogP contribution in [0.4, 0.5) is 5.69 Å². The quantitative estimate of drug-likeness (QED) is 0.752. The number of aromatic amines is 1. The van der Waals surface area contributed by atoms with Gasteiger partial charge in [-0.3, -0.25) is 4.79 Å². The van der Waals surface area contributed by atoms with Crippen molar-refractivity contribution >= 4 is 27.5 Å². The topological polar surface area (TPSA) is 48.1 Å². The minimum atomic E-state index is -0.0662. The maximum Gasteiger partial charge on any atom is 0.267 e. The minimum Gasteiger partial charge on any atom is -0.372 e. The maximum atomic E-state index is 11.9. The summed E-state index contributed by atoms with van der Waals surface area (Å²) in [6.07, 6.45) is 2.67. The van der Waals surface area contributed by atoms with Gasteiger partial charge in [0, 0.05) is 36.0 Å². The molecule has 0 saturated carbocycles. The van der Waals surface area contributed by atoms with Crippen LogP contribution in [0, 0.1) is 0 Å². The van der Waals surface area contributed by atoms with Crippen LogP contribution in [-0.4, -0.2) is 30.5 Å². The van der Waals surface area contributed by atoms with Crippen LogP contribution in [0.25, 0.3) is 0 Å². The van der Waals surface area contributed by atoms with Crippen LogP contribution in [0.15, 0.2) is 47.1 Å². The Bertz CT molecular complexity index is 568. The Morgan fingerprint density at radius 3 is 2.71 bits per heavy atom. The van der Waals surface area contributed by atoms with Gasteiger partial charge in [0.2, 0.25) is 0 Å². The SMILES string of the molecule is CCN(CCCNC(=O)c1cc(Br)c[nH]1)c1ccccc1. The smallest absolute Gasteiger partial charge is 0.267 e. The van der Waals surface area contributed by atoms with E-state index in [4.69, 9.17) is 0 Å². The highest BCUT2D eigenvalue weighted by Gasteiger charge is 2.07. The van der Waals surface area contributed by atoms with Gasteiger partial charge in [-0.25, -0.2) is 0 Å². The van der Waals surface area contributed by atoms with Crippen LogP contribution < -0.4 is 10.2 Å². The fourth-order valence-electron chi connectivity index (χ4n) is 2.17. The van der Waals surface area contributed by atoms with Gasteiger partial charge in [-0.05, 0) is 47.5 Å². The van der Waals surface area contributed by atoms with E-state index in [-0.39, 0.29) is 5.91 Å². The fraction of sp³-hybridized carbons (Fsp3) is 0.312. The zero-order chi connectivity index (χ0) is 15.1. The van der Waals surface area contributed by atoms with Gasteiger partial charge in [0.1, 0.15) is 5.69 Å². The summed E-state index contributed by atoms with van der Waals surface area (Å²) < 4.78 is 0.883. The van der Waals surface area contributed by atoms with Crippen LogP contribution in [0.2, 0.25) is 0 Å². The monoisotopic (exact) mass is 349 g/mol. The third-order valence-corrected chi connectivity index (χ3v) is 3.74. The summed E-state index contributed by atoms with van der Waals surface area (Å²) >= 11 is 3.32. The zero-order valence-corrected chi connectivity index (χ0v) is 13.7. The summed E-state index contributed by atoms with van der Waals surface area (Å²) in [6.45, 7) is 4.69. The van der Waals surface area contributed by atoms with Crippen LogP contribution >= 0.6 is 15.9 Å². The number of carbonyl (C=O) groups excluding carboxylic acids is 1. The van der Waals surface area contributed by atoms with Crippen molar-refractivity contribution in [1.29, 1.82) is 0 Å². The number of para-hydroxylation sites is 1. The highest BCUT2D eigenvalue weighted by atomic mass is 79.9. The molecule has 21 heavy (non-hydrogen) atoms. The van der Waals surface area contributed by atoms with Crippen LogP contribution in [0.3, 0.4) is 0 Å². The van der Waals surface area contributed by atoms with Crippen molar-refractivity contribution in [2.45, 2.75) is 13.3 Å². The van der Waals surface area contributed by atoms with E-state index in [2.05, 4.69) is 50.2 Å². The summed E-state index contributed by atoms with van der Waals surface area (Å²) in [4.78, 5) is 17.1. The number of nitrogens with zero attached hydrogens (tertiary/aromatic N) is 1. The molecule has 1 aromatic heterocycles. The van der Waals surface area contributed by atoms with Crippen molar-refractivity contribution in [3.8, 4) is 0 Å². The van der Waals surface area contributed by atoms with Gasteiger partial charge in [-0.1, -0.05) is 18.2 Å². The van der Waals surface area contributed by atoms with E-state index in [1.54, 1.807) is 12.3 Å². The summed E-state index contributed by atoms with van der Waals surface area (Å²) in [5.41, 5.74) is 1.80. The lowest BCUT2D eigenvalue weighted by Gasteiger charge is -2.23. The largest absolute Gasteiger partial charge is 0.372 e. The Labute approximate surface area is 133 Å². The second kappa shape index (κ2) is 7.88. The molecule has 0 aliphatic rings. The van der Waals surface area contributed by atoms with Gasteiger partial charge in [0.15, 0.2) is 0 Å². The maximum absolute atomic E-state index is 11.9. The van der Waals surface area contributed by atoms with E-state index in [9.17, 15) is 4.79 Å². The number of anilines is 1. The molecule has 0 aliphatic carbocycles. The average Bonchev–Trinajstić information content (AvgIpc) is 2.95. The first-order valence-corrected chi connectivity index (χ1v) is 7.92. The minimum absolute atomic E-state index is 0.0662. The van der Waals surface area contributed by atoms with Crippen molar-refractivity contribution in [3.63, 3.8) is 0 Å². The molecule has 2 aromatic rings. The fourth-order valence-corrected chi connectivity index (χ4v) is 2.52. The number of carbonyl (C=O) groups is 1. The molecular formula is C16H20BrN3O. The molecule has 4 nitrogen and oxygen atoms in total. The van der Waals surface area contributed by atoms with E-state index in [1.165, 1.54) is 5.69 Å². The molecular weight excluding hydrogens is 330 g/mol. The Morgan fingerprint density at radius 1 is 1.33 bits per heavy atom. The molecule has 1 amide bonds. The summed E-state index contributed by atoms with van der Waals surface area (Å²) in [5, 5.41) is 2.93. The zero-order valence-electron chi connectivity index (χ0n) is 12.1. The number of hydrogen-bond acceptors (Lipinski definition) is 2. The van der Waals surface area contributed by atoms with Crippen LogP contribution in [0.5, 0.6) is 0 Å². The van der Waals surface area contributed by atoms with Crippen molar-refractivity contribution in [2.24, 2.45) is 0 Å². The van der Waals surface area contributed by atoms with Gasteiger partial charge < -0.3 is 15.2 Å². The Kier molecular flexibility index (Phi) is 5.87. The third-order valence-electron chi connectivity index (χ3n) is 3.29. The summed E-state index contributed by atoms with van der Waals surface area (Å²) in [6, 6.07) is 12.1. The van der Waals surface area contributed by atoms with E-state index in [0.717, 1.165) is 24.0 Å². The molecule has 0 unspecified atom stereocenters. The molecule has 5 heteroatoms. The number of H-pyrrole nitrogens is 1. The number of rotatable bonds is 7. The molecule has 1 heterocycles. The predicted molar refractivity (Wildman–Crippen MR) is 89.8 cm³/mol. The number of aromatic nitrogens is 1. The lowest BCUT2D eigenvalue weighted by atomic mass is 10.2. The molecule has 112 valence electrons. The van der Waals surface area contributed by atoms with Gasteiger partial charge >= 0.3 is 0 Å². The van der Waals surface area contributed by atoms with Crippen LogP contribution in [0.1, 0.15) is 23.8 Å². The van der Waals surface area contributed by atoms with Crippen molar-refractivity contribution < 1.29 is 4.79 Å². The highest BCUT2D eigenvalue weighted by molar-refractivity contribution is 9.10. The predicted octanol–water partition coefficient (Wildman–Crippen LogP) is 3.42. The van der Waals surface area contributed by atoms with Gasteiger partial charge in [-0.2, -0.15) is 0 Å². The van der Waals surface area contributed by atoms with E-state index in [1.807, 2.05) is 18.2 Å². The standard InChI is InChI=1S/C16H20BrN3O/c1-2-20(14-7-4-3-5-8-14)10-6-9-18-16(21)15-11-13(17)12-19-15/h3-5,7-8,11-12,19H,2,6,9-10H2,1H3,(H,18,21). The molecule has 0 saturated heterocycles.